The van der Waals surface area contributed by atoms with Gasteiger partial charge in [0.15, 0.2) is 10.8 Å². The largest absolute Gasteiger partial charge is 0.339 e. The smallest absolute Gasteiger partial charge is 0.255 e. The topological polar surface area (TPSA) is 88.1 Å². The summed E-state index contributed by atoms with van der Waals surface area (Å²) < 4.78 is 0. The molecule has 1 N–H and O–H groups in total. The monoisotopic (exact) mass is 393 g/mol. The van der Waals surface area contributed by atoms with Gasteiger partial charge >= 0.3 is 0 Å². The maximum atomic E-state index is 12.7. The van der Waals surface area contributed by atoms with E-state index in [4.69, 9.17) is 0 Å². The molecule has 1 aliphatic rings. The van der Waals surface area contributed by atoms with E-state index in [1.54, 1.807) is 30.6 Å². The van der Waals surface area contributed by atoms with Crippen LogP contribution in [0.5, 0.6) is 0 Å². The second-order valence-electron chi connectivity index (χ2n) is 6.49. The number of hydrogen-bond acceptors (Lipinski definition) is 6. The summed E-state index contributed by atoms with van der Waals surface area (Å²) in [6.45, 7) is 1.54. The molecule has 0 spiro atoms. The summed E-state index contributed by atoms with van der Waals surface area (Å²) >= 11 is 1.40. The van der Waals surface area contributed by atoms with Gasteiger partial charge < -0.3 is 10.2 Å². The van der Waals surface area contributed by atoms with E-state index in [1.165, 1.54) is 11.3 Å². The number of anilines is 1. The maximum Gasteiger partial charge on any atom is 0.255 e. The highest BCUT2D eigenvalue weighted by Gasteiger charge is 2.22. The molecule has 1 aromatic carbocycles. The summed E-state index contributed by atoms with van der Waals surface area (Å²) in [6, 6.07) is 8.87. The second kappa shape index (κ2) is 8.26. The number of nitrogens with zero attached hydrogens (tertiary/aromatic N) is 4. The van der Waals surface area contributed by atoms with Gasteiger partial charge in [0.25, 0.3) is 5.91 Å². The number of amides is 2. The fourth-order valence-corrected chi connectivity index (χ4v) is 3.89. The number of carbonyl (C=O) groups is 2. The molecule has 3 aromatic rings. The van der Waals surface area contributed by atoms with Crippen molar-refractivity contribution in [2.45, 2.75) is 19.3 Å². The van der Waals surface area contributed by atoms with Crippen molar-refractivity contribution in [1.29, 1.82) is 0 Å². The Kier molecular flexibility index (Phi) is 5.38. The van der Waals surface area contributed by atoms with Gasteiger partial charge in [0.05, 0.1) is 23.4 Å². The van der Waals surface area contributed by atoms with Crippen molar-refractivity contribution in [2.75, 3.05) is 18.4 Å². The van der Waals surface area contributed by atoms with Crippen LogP contribution in [0.1, 0.15) is 28.9 Å². The molecule has 142 valence electrons. The fraction of sp³-hybridized carbons (Fsp3) is 0.250. The molecule has 0 bridgehead atoms. The van der Waals surface area contributed by atoms with Gasteiger partial charge in [-0.15, -0.1) is 11.3 Å². The van der Waals surface area contributed by atoms with Crippen molar-refractivity contribution >= 4 is 28.8 Å². The highest BCUT2D eigenvalue weighted by Crippen LogP contribution is 2.22. The third-order valence-corrected chi connectivity index (χ3v) is 5.36. The number of para-hydroxylation sites is 1. The molecule has 7 nitrogen and oxygen atoms in total. The Morgan fingerprint density at radius 2 is 1.82 bits per heavy atom. The predicted octanol–water partition coefficient (Wildman–Crippen LogP) is 3.02. The van der Waals surface area contributed by atoms with Crippen LogP contribution in [0.15, 0.2) is 48.1 Å². The lowest BCUT2D eigenvalue weighted by atomic mass is 10.1. The quantitative estimate of drug-likeness (QED) is 0.720. The molecular formula is C20H19N5O2S. The highest BCUT2D eigenvalue weighted by atomic mass is 32.1. The van der Waals surface area contributed by atoms with Crippen LogP contribution in [0.25, 0.3) is 10.8 Å². The van der Waals surface area contributed by atoms with Crippen LogP contribution < -0.4 is 5.32 Å². The van der Waals surface area contributed by atoms with Crippen molar-refractivity contribution in [2.24, 2.45) is 0 Å². The van der Waals surface area contributed by atoms with Crippen molar-refractivity contribution in [3.05, 3.63) is 59.4 Å². The van der Waals surface area contributed by atoms with Gasteiger partial charge in [-0.25, -0.2) is 15.0 Å². The lowest BCUT2D eigenvalue weighted by Gasteiger charge is -2.17. The number of nitrogens with one attached hydrogen (secondary N) is 1. The Balaban J connectivity index is 1.45. The number of aromatic nitrogens is 3. The highest BCUT2D eigenvalue weighted by molar-refractivity contribution is 7.13. The van der Waals surface area contributed by atoms with Gasteiger partial charge in [-0.05, 0) is 31.0 Å². The Hall–Kier alpha value is -3.13. The van der Waals surface area contributed by atoms with Crippen LogP contribution >= 0.6 is 11.3 Å². The Morgan fingerprint density at radius 3 is 2.61 bits per heavy atom. The summed E-state index contributed by atoms with van der Waals surface area (Å²) in [4.78, 5) is 39.9. The lowest BCUT2D eigenvalue weighted by molar-refractivity contribution is -0.115. The van der Waals surface area contributed by atoms with Crippen LogP contribution in [-0.4, -0.2) is 44.8 Å². The molecule has 0 aliphatic carbocycles. The number of thiazole rings is 1. The van der Waals surface area contributed by atoms with E-state index in [-0.39, 0.29) is 18.2 Å². The van der Waals surface area contributed by atoms with E-state index >= 15 is 0 Å². The Bertz CT molecular complexity index is 983. The first-order valence-corrected chi connectivity index (χ1v) is 9.98. The zero-order valence-electron chi connectivity index (χ0n) is 15.2. The van der Waals surface area contributed by atoms with Crippen LogP contribution in [0, 0.1) is 0 Å². The van der Waals surface area contributed by atoms with E-state index in [9.17, 15) is 9.59 Å². The minimum atomic E-state index is -0.215. The van der Waals surface area contributed by atoms with Crippen LogP contribution in [0.3, 0.4) is 0 Å². The first-order valence-electron chi connectivity index (χ1n) is 9.10. The maximum absolute atomic E-state index is 12.7. The normalized spacial score (nSPS) is 13.5. The van der Waals surface area contributed by atoms with E-state index in [0.29, 0.717) is 27.8 Å². The Morgan fingerprint density at radius 1 is 1.07 bits per heavy atom. The van der Waals surface area contributed by atoms with Crippen LogP contribution in [0.2, 0.25) is 0 Å². The average molecular weight is 393 g/mol. The standard InChI is InChI=1S/C20H19N5O2S/c26-17(12-14-13-28-19(23-14)18-21-8-5-9-22-18)24-16-7-2-1-6-15(16)20(27)25-10-3-4-11-25/h1-2,5-9,13H,3-4,10-12H2,(H,24,26). The zero-order valence-corrected chi connectivity index (χ0v) is 16.0. The summed E-state index contributed by atoms with van der Waals surface area (Å²) in [5, 5.41) is 5.36. The molecule has 8 heteroatoms. The first-order chi connectivity index (χ1) is 13.7. The van der Waals surface area contributed by atoms with Gasteiger partial charge in [-0.1, -0.05) is 12.1 Å². The molecule has 4 rings (SSSR count). The average Bonchev–Trinajstić information content (AvgIpc) is 3.41. The van der Waals surface area contributed by atoms with Crippen molar-refractivity contribution < 1.29 is 9.59 Å². The van der Waals surface area contributed by atoms with Crippen LogP contribution in [0.4, 0.5) is 5.69 Å². The third kappa shape index (κ3) is 4.07. The number of likely N-dealkylation sites (tertiary alicyclic amines) is 1. The molecule has 2 aromatic heterocycles. The Labute approximate surface area is 166 Å². The van der Waals surface area contributed by atoms with Gasteiger partial charge in [-0.3, -0.25) is 9.59 Å². The molecule has 0 unspecified atom stereocenters. The molecule has 1 fully saturated rings. The van der Waals surface area contributed by atoms with Crippen molar-refractivity contribution in [3.8, 4) is 10.8 Å². The predicted molar refractivity (Wildman–Crippen MR) is 107 cm³/mol. The van der Waals surface area contributed by atoms with Crippen molar-refractivity contribution in [1.82, 2.24) is 19.9 Å². The molecule has 1 saturated heterocycles. The van der Waals surface area contributed by atoms with E-state index in [0.717, 1.165) is 25.9 Å². The molecule has 0 radical (unpaired) electrons. The number of rotatable bonds is 5. The van der Waals surface area contributed by atoms with Crippen molar-refractivity contribution in [3.63, 3.8) is 0 Å². The molecule has 3 heterocycles. The summed E-state index contributed by atoms with van der Waals surface area (Å²) in [6.07, 6.45) is 5.49. The lowest BCUT2D eigenvalue weighted by Crippen LogP contribution is -2.29. The minimum absolute atomic E-state index is 0.0365. The van der Waals surface area contributed by atoms with Gasteiger partial charge in [-0.2, -0.15) is 0 Å². The van der Waals surface area contributed by atoms with E-state index < -0.39 is 0 Å². The van der Waals surface area contributed by atoms with Gasteiger partial charge in [0.2, 0.25) is 5.91 Å². The number of hydrogen-bond donors (Lipinski definition) is 1. The molecule has 1 aliphatic heterocycles. The van der Waals surface area contributed by atoms with Gasteiger partial charge in [0.1, 0.15) is 0 Å². The SMILES string of the molecule is O=C(Cc1csc(-c2ncccn2)n1)Nc1ccccc1C(=O)N1CCCC1. The fourth-order valence-electron chi connectivity index (χ4n) is 3.13. The molecule has 0 atom stereocenters. The van der Waals surface area contributed by atoms with E-state index in [2.05, 4.69) is 20.3 Å². The molecule has 28 heavy (non-hydrogen) atoms. The second-order valence-corrected chi connectivity index (χ2v) is 7.34. The van der Waals surface area contributed by atoms with Crippen LogP contribution in [-0.2, 0) is 11.2 Å². The molecule has 2 amide bonds. The minimum Gasteiger partial charge on any atom is -0.339 e. The number of carbonyl (C=O) groups excluding carboxylic acids is 2. The first kappa shape index (κ1) is 18.2. The summed E-state index contributed by atoms with van der Waals surface area (Å²) in [7, 11) is 0. The van der Waals surface area contributed by atoms with E-state index in [1.807, 2.05) is 22.4 Å². The summed E-state index contributed by atoms with van der Waals surface area (Å²) in [5.41, 5.74) is 1.70. The summed E-state index contributed by atoms with van der Waals surface area (Å²) in [5.74, 6) is 0.291. The third-order valence-electron chi connectivity index (χ3n) is 4.48. The van der Waals surface area contributed by atoms with Gasteiger partial charge in [0, 0.05) is 30.9 Å². The molecule has 0 saturated carbocycles. The molecular weight excluding hydrogens is 374 g/mol. The zero-order chi connectivity index (χ0) is 19.3. The number of benzene rings is 1.